The number of hydrogen-bond acceptors (Lipinski definition) is 2. The van der Waals surface area contributed by atoms with Crippen LogP contribution >= 0.6 is 0 Å². The second-order valence-electron chi connectivity index (χ2n) is 7.38. The van der Waals surface area contributed by atoms with Gasteiger partial charge >= 0.3 is 0 Å². The van der Waals surface area contributed by atoms with Gasteiger partial charge in [0.2, 0.25) is 5.91 Å². The lowest BCUT2D eigenvalue weighted by Crippen LogP contribution is -2.92. The average molecular weight is 352 g/mol. The summed E-state index contributed by atoms with van der Waals surface area (Å²) in [6.07, 6.45) is 0. The standard InChI is InChI=1S/C21H25N3O2/c1-14(16-10-6-5-7-11-16)22-15(2)19(25)24-18-13-9-8-12-17(18)23-20(26)21(24,3)4/h5-15,22H,1-4H3,(H,23,26)/p+1/t14-,15+/m0/s1. The number of nitrogens with one attached hydrogen (secondary N) is 1. The molecule has 3 N–H and O–H groups in total. The number of anilines is 2. The molecule has 26 heavy (non-hydrogen) atoms. The zero-order valence-corrected chi connectivity index (χ0v) is 15.7. The first-order valence-corrected chi connectivity index (χ1v) is 8.97. The summed E-state index contributed by atoms with van der Waals surface area (Å²) in [5.41, 5.74) is 1.65. The van der Waals surface area contributed by atoms with Crippen LogP contribution in [0.3, 0.4) is 0 Å². The van der Waals surface area contributed by atoms with Gasteiger partial charge in [0.15, 0.2) is 6.04 Å². The first-order chi connectivity index (χ1) is 12.3. The maximum Gasteiger partial charge on any atom is 0.285 e. The summed E-state index contributed by atoms with van der Waals surface area (Å²) in [7, 11) is 0. The molecule has 136 valence electrons. The fourth-order valence-electron chi connectivity index (χ4n) is 3.43. The minimum atomic E-state index is -0.941. The summed E-state index contributed by atoms with van der Waals surface area (Å²) >= 11 is 0. The van der Waals surface area contributed by atoms with Gasteiger partial charge in [0.05, 0.1) is 11.4 Å². The number of benzene rings is 2. The van der Waals surface area contributed by atoms with Gasteiger partial charge in [0.1, 0.15) is 11.6 Å². The molecular weight excluding hydrogens is 326 g/mol. The van der Waals surface area contributed by atoms with Crippen LogP contribution in [-0.2, 0) is 9.59 Å². The zero-order valence-electron chi connectivity index (χ0n) is 15.7. The second kappa shape index (κ2) is 6.92. The number of fused-ring (bicyclic) bond motifs is 1. The van der Waals surface area contributed by atoms with Crippen LogP contribution < -0.4 is 15.5 Å². The molecule has 2 aromatic carbocycles. The van der Waals surface area contributed by atoms with E-state index < -0.39 is 5.54 Å². The van der Waals surface area contributed by atoms with E-state index in [1.54, 1.807) is 18.7 Å². The minimum absolute atomic E-state index is 0.0694. The molecule has 1 aliphatic rings. The van der Waals surface area contributed by atoms with Crippen LogP contribution in [0.5, 0.6) is 0 Å². The summed E-state index contributed by atoms with van der Waals surface area (Å²) in [4.78, 5) is 27.5. The fourth-order valence-corrected chi connectivity index (χ4v) is 3.43. The van der Waals surface area contributed by atoms with Crippen molar-refractivity contribution in [2.75, 3.05) is 10.2 Å². The quantitative estimate of drug-likeness (QED) is 0.888. The maximum absolute atomic E-state index is 13.3. The molecule has 0 aliphatic carbocycles. The van der Waals surface area contributed by atoms with Crippen LogP contribution in [-0.4, -0.2) is 23.4 Å². The highest BCUT2D eigenvalue weighted by Crippen LogP contribution is 2.36. The van der Waals surface area contributed by atoms with E-state index in [-0.39, 0.29) is 23.9 Å². The van der Waals surface area contributed by atoms with Crippen molar-refractivity contribution in [3.8, 4) is 0 Å². The lowest BCUT2D eigenvalue weighted by atomic mass is 9.95. The Hall–Kier alpha value is -2.66. The first-order valence-electron chi connectivity index (χ1n) is 8.97. The van der Waals surface area contributed by atoms with Crippen LogP contribution in [0.25, 0.3) is 0 Å². The first kappa shape index (κ1) is 18.1. The van der Waals surface area contributed by atoms with Gasteiger partial charge in [0.25, 0.3) is 5.91 Å². The van der Waals surface area contributed by atoms with Crippen molar-refractivity contribution < 1.29 is 14.9 Å². The van der Waals surface area contributed by atoms with E-state index in [0.29, 0.717) is 5.69 Å². The maximum atomic E-state index is 13.3. The van der Waals surface area contributed by atoms with Crippen molar-refractivity contribution in [1.82, 2.24) is 0 Å². The predicted octanol–water partition coefficient (Wildman–Crippen LogP) is 2.46. The van der Waals surface area contributed by atoms with Crippen molar-refractivity contribution in [2.45, 2.75) is 45.3 Å². The van der Waals surface area contributed by atoms with Gasteiger partial charge in [-0.3, -0.25) is 14.5 Å². The Kier molecular flexibility index (Phi) is 4.83. The molecule has 3 rings (SSSR count). The van der Waals surface area contributed by atoms with Gasteiger partial charge in [-0.2, -0.15) is 0 Å². The molecule has 0 bridgehead atoms. The smallest absolute Gasteiger partial charge is 0.285 e. The van der Waals surface area contributed by atoms with Crippen molar-refractivity contribution in [2.24, 2.45) is 0 Å². The molecule has 2 aromatic rings. The SMILES string of the molecule is C[C@H]([NH2+][C@H](C)C(=O)N1c2ccccc2NC(=O)C1(C)C)c1ccccc1. The number of hydrogen-bond donors (Lipinski definition) is 2. The molecule has 0 aromatic heterocycles. The number of nitrogens with zero attached hydrogens (tertiary/aromatic N) is 1. The highest BCUT2D eigenvalue weighted by molar-refractivity contribution is 6.14. The van der Waals surface area contributed by atoms with Gasteiger partial charge < -0.3 is 10.6 Å². The molecule has 0 saturated heterocycles. The lowest BCUT2D eigenvalue weighted by molar-refractivity contribution is -0.710. The Balaban J connectivity index is 1.86. The summed E-state index contributed by atoms with van der Waals surface area (Å²) in [5, 5.41) is 4.94. The van der Waals surface area contributed by atoms with E-state index >= 15 is 0 Å². The Morgan fingerprint density at radius 2 is 1.65 bits per heavy atom. The van der Waals surface area contributed by atoms with E-state index in [1.807, 2.05) is 54.7 Å². The van der Waals surface area contributed by atoms with E-state index in [9.17, 15) is 9.59 Å². The number of para-hydroxylation sites is 2. The molecule has 0 fully saturated rings. The highest BCUT2D eigenvalue weighted by Gasteiger charge is 2.45. The third-order valence-corrected chi connectivity index (χ3v) is 5.02. The van der Waals surface area contributed by atoms with Gasteiger partial charge in [-0.15, -0.1) is 0 Å². The zero-order chi connectivity index (χ0) is 18.9. The topological polar surface area (TPSA) is 66.0 Å². The molecule has 0 radical (unpaired) electrons. The number of carbonyl (C=O) groups is 2. The summed E-state index contributed by atoms with van der Waals surface area (Å²) in [6, 6.07) is 17.4. The summed E-state index contributed by atoms with van der Waals surface area (Å²) in [5.74, 6) is -0.243. The predicted molar refractivity (Wildman–Crippen MR) is 103 cm³/mol. The Labute approximate surface area is 154 Å². The molecule has 5 heteroatoms. The summed E-state index contributed by atoms with van der Waals surface area (Å²) in [6.45, 7) is 7.54. The fraction of sp³-hybridized carbons (Fsp3) is 0.333. The van der Waals surface area contributed by atoms with E-state index in [2.05, 4.69) is 24.4 Å². The second-order valence-corrected chi connectivity index (χ2v) is 7.38. The molecule has 0 spiro atoms. The molecule has 2 amide bonds. The largest absolute Gasteiger partial charge is 0.330 e. The molecule has 0 unspecified atom stereocenters. The van der Waals surface area contributed by atoms with Crippen molar-refractivity contribution in [3.05, 3.63) is 60.2 Å². The number of quaternary nitrogens is 1. The van der Waals surface area contributed by atoms with Gasteiger partial charge in [-0.1, -0.05) is 42.5 Å². The average Bonchev–Trinajstić information content (AvgIpc) is 2.62. The molecular formula is C21H26N3O2+. The molecule has 1 aliphatic heterocycles. The molecule has 1 heterocycles. The third-order valence-electron chi connectivity index (χ3n) is 5.02. The number of amides is 2. The Morgan fingerprint density at radius 3 is 2.35 bits per heavy atom. The van der Waals surface area contributed by atoms with Crippen molar-refractivity contribution >= 4 is 23.2 Å². The number of nitrogens with two attached hydrogens (primary N) is 1. The van der Waals surface area contributed by atoms with Crippen LogP contribution in [0.4, 0.5) is 11.4 Å². The van der Waals surface area contributed by atoms with Gasteiger partial charge in [-0.25, -0.2) is 0 Å². The van der Waals surface area contributed by atoms with Gasteiger partial charge in [-0.05, 0) is 39.8 Å². The minimum Gasteiger partial charge on any atom is -0.330 e. The van der Waals surface area contributed by atoms with Crippen molar-refractivity contribution in [3.63, 3.8) is 0 Å². The van der Waals surface area contributed by atoms with E-state index in [4.69, 9.17) is 0 Å². The molecule has 5 nitrogen and oxygen atoms in total. The van der Waals surface area contributed by atoms with E-state index in [1.165, 1.54) is 5.56 Å². The Bertz CT molecular complexity index is 817. The number of rotatable bonds is 4. The van der Waals surface area contributed by atoms with Crippen LogP contribution in [0.15, 0.2) is 54.6 Å². The van der Waals surface area contributed by atoms with Crippen molar-refractivity contribution in [1.29, 1.82) is 0 Å². The van der Waals surface area contributed by atoms with E-state index in [0.717, 1.165) is 5.69 Å². The third kappa shape index (κ3) is 3.22. The summed E-state index contributed by atoms with van der Waals surface area (Å²) < 4.78 is 0. The molecule has 2 atom stereocenters. The van der Waals surface area contributed by atoms with Crippen LogP contribution in [0.2, 0.25) is 0 Å². The Morgan fingerprint density at radius 1 is 1.04 bits per heavy atom. The molecule has 0 saturated carbocycles. The highest BCUT2D eigenvalue weighted by atomic mass is 16.2. The van der Waals surface area contributed by atoms with Crippen LogP contribution in [0.1, 0.15) is 39.3 Å². The lowest BCUT2D eigenvalue weighted by Gasteiger charge is -2.42. The normalized spacial score (nSPS) is 17.8. The van der Waals surface area contributed by atoms with Crippen LogP contribution in [0, 0.1) is 0 Å². The number of carbonyl (C=O) groups excluding carboxylic acids is 2. The monoisotopic (exact) mass is 352 g/mol. The van der Waals surface area contributed by atoms with Gasteiger partial charge in [0, 0.05) is 5.56 Å².